The summed E-state index contributed by atoms with van der Waals surface area (Å²) in [5.41, 5.74) is 5.54. The molecule has 3 N–H and O–H groups in total. The quantitative estimate of drug-likeness (QED) is 0.607. The van der Waals surface area contributed by atoms with Crippen molar-refractivity contribution in [2.75, 3.05) is 0 Å². The smallest absolute Gasteiger partial charge is 0.152 e. The van der Waals surface area contributed by atoms with Crippen LogP contribution in [0.25, 0.3) is 0 Å². The van der Waals surface area contributed by atoms with Gasteiger partial charge in [-0.05, 0) is 13.8 Å². The Bertz CT molecular complexity index is 203. The Balaban J connectivity index is 2.58. The summed E-state index contributed by atoms with van der Waals surface area (Å²) in [5, 5.41) is 6.70. The van der Waals surface area contributed by atoms with Gasteiger partial charge >= 0.3 is 0 Å². The van der Waals surface area contributed by atoms with Gasteiger partial charge in [0.05, 0.1) is 0 Å². The maximum absolute atomic E-state index is 5.54. The first-order valence-electron chi connectivity index (χ1n) is 3.32. The monoisotopic (exact) mass is 140 g/mol. The van der Waals surface area contributed by atoms with E-state index in [1.807, 2.05) is 13.8 Å². The van der Waals surface area contributed by atoms with Crippen molar-refractivity contribution in [2.24, 2.45) is 5.73 Å². The van der Waals surface area contributed by atoms with Crippen LogP contribution in [0, 0.1) is 6.92 Å². The van der Waals surface area contributed by atoms with E-state index in [1.54, 1.807) is 0 Å². The Hall–Kier alpha value is -0.900. The molecule has 56 valence electrons. The van der Waals surface area contributed by atoms with Gasteiger partial charge in [-0.1, -0.05) is 0 Å². The molecule has 0 aliphatic rings. The first-order valence-corrected chi connectivity index (χ1v) is 3.32. The number of H-pyrrole nitrogens is 1. The molecule has 1 atom stereocenters. The van der Waals surface area contributed by atoms with Gasteiger partial charge in [-0.15, -0.1) is 0 Å². The molecular weight excluding hydrogens is 128 g/mol. The third-order valence-electron chi connectivity index (χ3n) is 1.15. The summed E-state index contributed by atoms with van der Waals surface area (Å²) in [6.07, 6.45) is 0.740. The highest BCUT2D eigenvalue weighted by Crippen LogP contribution is 1.93. The Morgan fingerprint density at radius 2 is 2.40 bits per heavy atom. The van der Waals surface area contributed by atoms with Gasteiger partial charge in [0.25, 0.3) is 0 Å². The molecule has 0 saturated carbocycles. The first kappa shape index (κ1) is 7.21. The fourth-order valence-corrected chi connectivity index (χ4v) is 0.768. The fraction of sp³-hybridized carbons (Fsp3) is 0.667. The summed E-state index contributed by atoms with van der Waals surface area (Å²) in [7, 11) is 0. The molecule has 0 bridgehead atoms. The lowest BCUT2D eigenvalue weighted by Gasteiger charge is -1.97. The van der Waals surface area contributed by atoms with Crippen molar-refractivity contribution in [2.45, 2.75) is 26.3 Å². The third kappa shape index (κ3) is 1.80. The van der Waals surface area contributed by atoms with E-state index in [9.17, 15) is 0 Å². The van der Waals surface area contributed by atoms with E-state index in [0.717, 1.165) is 18.1 Å². The lowest BCUT2D eigenvalue weighted by molar-refractivity contribution is 0.704. The van der Waals surface area contributed by atoms with Gasteiger partial charge in [0.15, 0.2) is 5.82 Å². The molecule has 0 saturated heterocycles. The van der Waals surface area contributed by atoms with E-state index >= 15 is 0 Å². The van der Waals surface area contributed by atoms with Crippen molar-refractivity contribution >= 4 is 0 Å². The second-order valence-electron chi connectivity index (χ2n) is 2.52. The summed E-state index contributed by atoms with van der Waals surface area (Å²) in [4.78, 5) is 4.10. The maximum atomic E-state index is 5.54. The number of hydrogen-bond donors (Lipinski definition) is 2. The molecular formula is C6H12N4. The van der Waals surface area contributed by atoms with E-state index in [2.05, 4.69) is 15.2 Å². The Morgan fingerprint density at radius 1 is 1.70 bits per heavy atom. The van der Waals surface area contributed by atoms with Crippen molar-refractivity contribution in [1.29, 1.82) is 0 Å². The molecule has 0 aromatic carbocycles. The van der Waals surface area contributed by atoms with Gasteiger partial charge in [-0.2, -0.15) is 5.10 Å². The zero-order chi connectivity index (χ0) is 7.56. The molecule has 1 rings (SSSR count). The van der Waals surface area contributed by atoms with Crippen LogP contribution in [0.15, 0.2) is 0 Å². The maximum Gasteiger partial charge on any atom is 0.152 e. The molecule has 0 fully saturated rings. The zero-order valence-electron chi connectivity index (χ0n) is 6.26. The third-order valence-corrected chi connectivity index (χ3v) is 1.15. The van der Waals surface area contributed by atoms with E-state index in [-0.39, 0.29) is 6.04 Å². The van der Waals surface area contributed by atoms with E-state index in [0.29, 0.717) is 0 Å². The van der Waals surface area contributed by atoms with Gasteiger partial charge < -0.3 is 5.73 Å². The van der Waals surface area contributed by atoms with Gasteiger partial charge in [0.2, 0.25) is 0 Å². The van der Waals surface area contributed by atoms with Crippen molar-refractivity contribution in [3.63, 3.8) is 0 Å². The molecule has 1 unspecified atom stereocenters. The van der Waals surface area contributed by atoms with Crippen LogP contribution >= 0.6 is 0 Å². The molecule has 0 amide bonds. The van der Waals surface area contributed by atoms with Crippen molar-refractivity contribution in [1.82, 2.24) is 15.2 Å². The second-order valence-corrected chi connectivity index (χ2v) is 2.52. The van der Waals surface area contributed by atoms with Gasteiger partial charge in [-0.3, -0.25) is 5.10 Å². The number of nitrogens with zero attached hydrogens (tertiary/aromatic N) is 2. The van der Waals surface area contributed by atoms with Crippen LogP contribution in [0.4, 0.5) is 0 Å². The van der Waals surface area contributed by atoms with Crippen molar-refractivity contribution in [3.8, 4) is 0 Å². The van der Waals surface area contributed by atoms with Crippen LogP contribution in [-0.2, 0) is 6.42 Å². The minimum atomic E-state index is 0.134. The number of hydrogen-bond acceptors (Lipinski definition) is 3. The van der Waals surface area contributed by atoms with Crippen molar-refractivity contribution < 1.29 is 0 Å². The molecule has 1 aromatic heterocycles. The predicted octanol–water partition coefficient (Wildman–Crippen LogP) is 0.00282. The second kappa shape index (κ2) is 2.79. The van der Waals surface area contributed by atoms with Crippen LogP contribution in [0.1, 0.15) is 18.6 Å². The molecule has 4 nitrogen and oxygen atoms in total. The summed E-state index contributed by atoms with van der Waals surface area (Å²) in [6.45, 7) is 3.81. The zero-order valence-corrected chi connectivity index (χ0v) is 6.26. The molecule has 4 heteroatoms. The standard InChI is InChI=1S/C6H12N4/c1-4(7)3-6-8-5(2)9-10-6/h4H,3,7H2,1-2H3,(H,8,9,10). The van der Waals surface area contributed by atoms with Crippen molar-refractivity contribution in [3.05, 3.63) is 11.6 Å². The molecule has 0 aliphatic heterocycles. The molecule has 0 radical (unpaired) electrons. The Morgan fingerprint density at radius 3 is 2.80 bits per heavy atom. The fourth-order valence-electron chi connectivity index (χ4n) is 0.768. The highest BCUT2D eigenvalue weighted by atomic mass is 15.2. The highest BCUT2D eigenvalue weighted by molar-refractivity contribution is 4.89. The molecule has 0 spiro atoms. The molecule has 1 heterocycles. The van der Waals surface area contributed by atoms with E-state index in [1.165, 1.54) is 0 Å². The lowest BCUT2D eigenvalue weighted by atomic mass is 10.2. The van der Waals surface area contributed by atoms with Crippen LogP contribution < -0.4 is 5.73 Å². The van der Waals surface area contributed by atoms with Crippen LogP contribution in [0.2, 0.25) is 0 Å². The number of nitrogens with one attached hydrogen (secondary N) is 1. The number of aromatic nitrogens is 3. The lowest BCUT2D eigenvalue weighted by Crippen LogP contribution is -2.18. The molecule has 0 aliphatic carbocycles. The number of aryl methyl sites for hydroxylation is 1. The predicted molar refractivity (Wildman–Crippen MR) is 38.5 cm³/mol. The highest BCUT2D eigenvalue weighted by Gasteiger charge is 2.01. The normalized spacial score (nSPS) is 13.5. The van der Waals surface area contributed by atoms with Gasteiger partial charge in [-0.25, -0.2) is 4.98 Å². The number of aromatic amines is 1. The largest absolute Gasteiger partial charge is 0.328 e. The molecule has 1 aromatic rings. The summed E-state index contributed by atoms with van der Waals surface area (Å²) < 4.78 is 0. The number of nitrogens with two attached hydrogens (primary N) is 1. The van der Waals surface area contributed by atoms with Gasteiger partial charge in [0.1, 0.15) is 5.82 Å². The van der Waals surface area contributed by atoms with Crippen LogP contribution in [-0.4, -0.2) is 21.2 Å². The Labute approximate surface area is 59.8 Å². The van der Waals surface area contributed by atoms with E-state index < -0.39 is 0 Å². The first-order chi connectivity index (χ1) is 4.68. The average molecular weight is 140 g/mol. The number of rotatable bonds is 2. The summed E-state index contributed by atoms with van der Waals surface area (Å²) >= 11 is 0. The topological polar surface area (TPSA) is 67.6 Å². The van der Waals surface area contributed by atoms with E-state index in [4.69, 9.17) is 5.73 Å². The average Bonchev–Trinajstić information content (AvgIpc) is 2.13. The minimum Gasteiger partial charge on any atom is -0.328 e. The SMILES string of the molecule is Cc1nc(CC(C)N)n[nH]1. The molecule has 10 heavy (non-hydrogen) atoms. The summed E-state index contributed by atoms with van der Waals surface area (Å²) in [6, 6.07) is 0.134. The van der Waals surface area contributed by atoms with Gasteiger partial charge in [0, 0.05) is 12.5 Å². The summed E-state index contributed by atoms with van der Waals surface area (Å²) in [5.74, 6) is 1.64. The van der Waals surface area contributed by atoms with Crippen LogP contribution in [0.5, 0.6) is 0 Å². The minimum absolute atomic E-state index is 0.134. The Kier molecular flexibility index (Phi) is 2.01. The van der Waals surface area contributed by atoms with Crippen LogP contribution in [0.3, 0.4) is 0 Å².